The van der Waals surface area contributed by atoms with E-state index < -0.39 is 98.3 Å². The van der Waals surface area contributed by atoms with Crippen LogP contribution >= 0.6 is 0 Å². The van der Waals surface area contributed by atoms with E-state index in [1.807, 2.05) is 10.6 Å². The van der Waals surface area contributed by atoms with Gasteiger partial charge in [0.2, 0.25) is 23.6 Å². The van der Waals surface area contributed by atoms with Gasteiger partial charge in [-0.25, -0.2) is 0 Å². The Morgan fingerprint density at radius 3 is 1.29 bits per heavy atom. The first kappa shape index (κ1) is 43.9. The Hall–Kier alpha value is -5.24. The molecular formula is C38H44F6N6O8. The predicted molar refractivity (Wildman–Crippen MR) is 195 cm³/mol. The fourth-order valence-corrected chi connectivity index (χ4v) is 8.93. The zero-order valence-electron chi connectivity index (χ0n) is 31.9. The van der Waals surface area contributed by atoms with Crippen LogP contribution in [0.5, 0.6) is 0 Å². The molecule has 2 aromatic heterocycles. The summed E-state index contributed by atoms with van der Waals surface area (Å²) >= 11 is 0. The minimum Gasteiger partial charge on any atom is -0.396 e. The first-order valence-corrected chi connectivity index (χ1v) is 18.4. The van der Waals surface area contributed by atoms with Crippen molar-refractivity contribution >= 4 is 35.8 Å². The first-order valence-electron chi connectivity index (χ1n) is 18.4. The number of halogens is 6. The molecule has 6 rings (SSSR count). The van der Waals surface area contributed by atoms with Crippen LogP contribution in [0.1, 0.15) is 62.3 Å². The number of carbonyl (C=O) groups excluding carboxylic acids is 4. The Morgan fingerprint density at radius 1 is 0.672 bits per heavy atom. The van der Waals surface area contributed by atoms with Gasteiger partial charge in [0.05, 0.1) is 36.0 Å². The topological polar surface area (TPSA) is 183 Å². The van der Waals surface area contributed by atoms with E-state index in [0.717, 1.165) is 0 Å². The van der Waals surface area contributed by atoms with E-state index in [-0.39, 0.29) is 36.0 Å². The molecule has 0 unspecified atom stereocenters. The smallest absolute Gasteiger partial charge is 0.396 e. The molecule has 316 valence electrons. The number of aliphatic hydroxyl groups excluding tert-OH is 2. The lowest BCUT2D eigenvalue weighted by atomic mass is 9.86. The van der Waals surface area contributed by atoms with Gasteiger partial charge in [0.15, 0.2) is 0 Å². The maximum Gasteiger partial charge on any atom is 0.405 e. The number of aliphatic hydroxyl groups is 2. The van der Waals surface area contributed by atoms with Gasteiger partial charge in [0, 0.05) is 74.5 Å². The summed E-state index contributed by atoms with van der Waals surface area (Å²) in [4.78, 5) is 78.4. The average Bonchev–Trinajstić information content (AvgIpc) is 3.55. The third-order valence-corrected chi connectivity index (χ3v) is 11.1. The maximum absolute atomic E-state index is 12.8. The average molecular weight is 827 g/mol. The van der Waals surface area contributed by atoms with E-state index in [1.54, 1.807) is 62.4 Å². The number of nitrogens with one attached hydrogen (secondary N) is 2. The number of amides is 4. The van der Waals surface area contributed by atoms with Gasteiger partial charge in [-0.3, -0.25) is 28.8 Å². The number of alkyl halides is 6. The number of rotatable bonds is 8. The van der Waals surface area contributed by atoms with Crippen molar-refractivity contribution in [2.45, 2.75) is 77.3 Å². The van der Waals surface area contributed by atoms with Gasteiger partial charge in [0.25, 0.3) is 11.1 Å². The standard InChI is InChI=1S/2C19H22F3N3O4/c2*1-3-4-11-5-6-13-16-15(17(28)23-9-19(20,21)22)12(8-26)14(25(16)10(2)27)7-24(13)18(11)29/h2*3-6,12,14-16,26H,7-9H2,1-2H3,(H,23,28)/b4-3+;4-3-/t2*12-,14-,15+,16+/m11/s1. The molecular weight excluding hydrogens is 782 g/mol. The van der Waals surface area contributed by atoms with Crippen molar-refractivity contribution in [3.05, 3.63) is 79.6 Å². The second-order valence-electron chi connectivity index (χ2n) is 14.5. The van der Waals surface area contributed by atoms with Crippen molar-refractivity contribution in [3.8, 4) is 0 Å². The summed E-state index contributed by atoms with van der Waals surface area (Å²) in [6, 6.07) is 3.14. The molecule has 2 fully saturated rings. The Balaban J connectivity index is 0.000000221. The summed E-state index contributed by atoms with van der Waals surface area (Å²) in [5, 5.41) is 23.5. The van der Waals surface area contributed by atoms with Crippen LogP contribution in [0.4, 0.5) is 26.3 Å². The Labute approximate surface area is 327 Å². The highest BCUT2D eigenvalue weighted by Gasteiger charge is 2.58. The van der Waals surface area contributed by atoms with Gasteiger partial charge in [-0.05, 0) is 38.1 Å². The van der Waals surface area contributed by atoms with Gasteiger partial charge in [0.1, 0.15) is 13.1 Å². The van der Waals surface area contributed by atoms with Gasteiger partial charge >= 0.3 is 12.4 Å². The molecule has 4 amide bonds. The molecule has 0 spiro atoms. The SMILES string of the molecule is C/C=C/c1ccc2n(c1=O)C[C@@H]1[C@@H](CO)[C@H](C(=O)NCC(F)(F)F)[C@H]2N1C(C)=O.C/C=C\c1ccc2n(c1=O)C[C@@H]1[C@@H](CO)[C@H](C(=O)NCC(F)(F)F)[C@H]2N1C(C)=O. The number of hydrogen-bond acceptors (Lipinski definition) is 8. The van der Waals surface area contributed by atoms with E-state index in [1.165, 1.54) is 32.8 Å². The van der Waals surface area contributed by atoms with Gasteiger partial charge < -0.3 is 39.8 Å². The van der Waals surface area contributed by atoms with E-state index in [0.29, 0.717) is 22.5 Å². The van der Waals surface area contributed by atoms with Crippen LogP contribution in [0, 0.1) is 23.7 Å². The van der Waals surface area contributed by atoms with E-state index in [4.69, 9.17) is 0 Å². The molecule has 2 saturated heterocycles. The summed E-state index contributed by atoms with van der Waals surface area (Å²) in [5.41, 5.74) is 0.963. The number of carbonyl (C=O) groups is 4. The maximum atomic E-state index is 12.8. The highest BCUT2D eigenvalue weighted by atomic mass is 19.4. The summed E-state index contributed by atoms with van der Waals surface area (Å²) in [5.74, 6) is -6.34. The Kier molecular flexibility index (Phi) is 12.8. The van der Waals surface area contributed by atoms with Crippen molar-refractivity contribution < 1.29 is 55.7 Å². The quantitative estimate of drug-likeness (QED) is 0.292. The lowest BCUT2D eigenvalue weighted by Crippen LogP contribution is -2.48. The zero-order chi connectivity index (χ0) is 43.0. The molecule has 20 heteroatoms. The van der Waals surface area contributed by atoms with Crippen LogP contribution in [-0.4, -0.2) is 104 Å². The first-order chi connectivity index (χ1) is 27.2. The summed E-state index contributed by atoms with van der Waals surface area (Å²) < 4.78 is 78.4. The van der Waals surface area contributed by atoms with E-state index in [9.17, 15) is 65.3 Å². The number of fused-ring (bicyclic) bond motifs is 8. The van der Waals surface area contributed by atoms with Crippen molar-refractivity contribution in [1.29, 1.82) is 0 Å². The number of allylic oxidation sites excluding steroid dienone is 2. The lowest BCUT2D eigenvalue weighted by molar-refractivity contribution is -0.143. The molecule has 14 nitrogen and oxygen atoms in total. The molecule has 0 aliphatic carbocycles. The normalized spacial score (nSPS) is 25.9. The van der Waals surface area contributed by atoms with Crippen LogP contribution < -0.4 is 21.8 Å². The molecule has 2 aromatic rings. The van der Waals surface area contributed by atoms with Crippen LogP contribution in [0.25, 0.3) is 12.2 Å². The van der Waals surface area contributed by atoms with Crippen molar-refractivity contribution in [1.82, 2.24) is 29.6 Å². The second-order valence-corrected chi connectivity index (χ2v) is 14.5. The van der Waals surface area contributed by atoms with E-state index >= 15 is 0 Å². The summed E-state index contributed by atoms with van der Waals surface area (Å²) in [6.45, 7) is 2.21. The molecule has 0 radical (unpaired) electrons. The summed E-state index contributed by atoms with van der Waals surface area (Å²) in [6.07, 6.45) is -2.51. The molecule has 4 N–H and O–H groups in total. The fraction of sp³-hybridized carbons (Fsp3) is 0.526. The molecule has 4 aliphatic rings. The molecule has 4 bridgehead atoms. The number of hydrogen-bond donors (Lipinski definition) is 4. The number of nitrogens with zero attached hydrogens (tertiary/aromatic N) is 4. The largest absolute Gasteiger partial charge is 0.405 e. The predicted octanol–water partition coefficient (Wildman–Crippen LogP) is 2.14. The molecule has 6 heterocycles. The third kappa shape index (κ3) is 8.34. The van der Waals surface area contributed by atoms with Crippen LogP contribution in [-0.2, 0) is 32.3 Å². The van der Waals surface area contributed by atoms with Gasteiger partial charge in [-0.1, -0.05) is 24.3 Å². The third-order valence-electron chi connectivity index (χ3n) is 11.1. The van der Waals surface area contributed by atoms with E-state index in [2.05, 4.69) is 0 Å². The van der Waals surface area contributed by atoms with Gasteiger partial charge in [-0.15, -0.1) is 0 Å². The van der Waals surface area contributed by atoms with Gasteiger partial charge in [-0.2, -0.15) is 26.3 Å². The minimum absolute atomic E-state index is 0.0594. The van der Waals surface area contributed by atoms with Crippen LogP contribution in [0.2, 0.25) is 0 Å². The monoisotopic (exact) mass is 826 g/mol. The summed E-state index contributed by atoms with van der Waals surface area (Å²) in [7, 11) is 0. The Morgan fingerprint density at radius 2 is 1.02 bits per heavy atom. The highest BCUT2D eigenvalue weighted by Crippen LogP contribution is 2.49. The minimum atomic E-state index is -4.59. The Bertz CT molecular complexity index is 1970. The van der Waals surface area contributed by atoms with Crippen molar-refractivity contribution in [2.24, 2.45) is 23.7 Å². The molecule has 4 aliphatic heterocycles. The second kappa shape index (κ2) is 16.9. The lowest BCUT2D eigenvalue weighted by Gasteiger charge is -2.37. The highest BCUT2D eigenvalue weighted by molar-refractivity contribution is 5.84. The van der Waals surface area contributed by atoms with Crippen molar-refractivity contribution in [3.63, 3.8) is 0 Å². The molecule has 8 atom stereocenters. The molecule has 0 saturated carbocycles. The zero-order valence-corrected chi connectivity index (χ0v) is 31.9. The number of aromatic nitrogens is 2. The molecule has 0 aromatic carbocycles. The van der Waals surface area contributed by atoms with Crippen molar-refractivity contribution in [2.75, 3.05) is 26.3 Å². The molecule has 58 heavy (non-hydrogen) atoms. The fourth-order valence-electron chi connectivity index (χ4n) is 8.93. The van der Waals surface area contributed by atoms with Crippen LogP contribution in [0.15, 0.2) is 46.0 Å². The van der Waals surface area contributed by atoms with Crippen LogP contribution in [0.3, 0.4) is 0 Å². The number of pyridine rings is 2.